The van der Waals surface area contributed by atoms with Gasteiger partial charge in [0.2, 0.25) is 0 Å². The number of hydrogen-bond acceptors (Lipinski definition) is 4. The zero-order valence-corrected chi connectivity index (χ0v) is 44.2. The van der Waals surface area contributed by atoms with Crippen LogP contribution in [0.1, 0.15) is 11.1 Å². The van der Waals surface area contributed by atoms with Gasteiger partial charge in [0.1, 0.15) is 0 Å². The van der Waals surface area contributed by atoms with Crippen LogP contribution in [0.15, 0.2) is 121 Å². The van der Waals surface area contributed by atoms with Crippen molar-refractivity contribution >= 4 is 54.7 Å². The molecule has 0 aliphatic carbocycles. The topological polar surface area (TPSA) is 60.4 Å². The van der Waals surface area contributed by atoms with Gasteiger partial charge in [-0.2, -0.15) is 171 Å². The van der Waals surface area contributed by atoms with Gasteiger partial charge in [-0.1, -0.05) is 97.1 Å². The Balaban J connectivity index is 1.74. The molecule has 6 aromatic rings. The molecule has 43 heteroatoms. The summed E-state index contributed by atoms with van der Waals surface area (Å²) in [6.45, 7) is 0. The van der Waals surface area contributed by atoms with Crippen LogP contribution >= 0.6 is 7.14 Å². The molecule has 92 heavy (non-hydrogen) atoms. The molecule has 6 aromatic carbocycles. The van der Waals surface area contributed by atoms with E-state index in [2.05, 4.69) is 4.18 Å². The van der Waals surface area contributed by atoms with Crippen LogP contribution in [0.5, 0.6) is 5.75 Å². The summed E-state index contributed by atoms with van der Waals surface area (Å²) >= 11 is 0. The molecular formula is C49H20F37O4PS. The first-order valence-corrected chi connectivity index (χ1v) is 26.2. The monoisotopic (exact) mass is 1440 g/mol. The Morgan fingerprint density at radius 2 is 0.587 bits per heavy atom. The van der Waals surface area contributed by atoms with Crippen molar-refractivity contribution in [2.45, 2.75) is 101 Å². The molecule has 510 valence electrons. The molecule has 0 N–H and O–H groups in total. The summed E-state index contributed by atoms with van der Waals surface area (Å²) in [6, 6.07) is 5.64. The third-order valence-corrected chi connectivity index (χ3v) is 17.5. The van der Waals surface area contributed by atoms with Crippen molar-refractivity contribution in [3.05, 3.63) is 132 Å². The van der Waals surface area contributed by atoms with Crippen LogP contribution in [0.3, 0.4) is 0 Å². The van der Waals surface area contributed by atoms with Gasteiger partial charge in [0.15, 0.2) is 12.9 Å². The molecular weight excluding hydrogens is 1420 g/mol. The van der Waals surface area contributed by atoms with Crippen LogP contribution in [-0.4, -0.2) is 97.3 Å². The average Bonchev–Trinajstić information content (AvgIpc) is 0.704. The molecule has 0 saturated heterocycles. The highest BCUT2D eigenvalue weighted by Crippen LogP contribution is 2.68. The molecule has 0 saturated carbocycles. The molecule has 0 amide bonds. The zero-order chi connectivity index (χ0) is 71.3. The lowest BCUT2D eigenvalue weighted by Crippen LogP contribution is -2.74. The van der Waals surface area contributed by atoms with E-state index >= 15 is 57.3 Å². The van der Waals surface area contributed by atoms with Crippen LogP contribution in [0, 0.1) is 0 Å². The van der Waals surface area contributed by atoms with E-state index in [0.29, 0.717) is 0 Å². The predicted molar refractivity (Wildman–Crippen MR) is 241 cm³/mol. The first-order valence-electron chi connectivity index (χ1n) is 23.1. The summed E-state index contributed by atoms with van der Waals surface area (Å²) in [5.74, 6) is -124. The van der Waals surface area contributed by atoms with E-state index in [9.17, 15) is 118 Å². The van der Waals surface area contributed by atoms with Crippen molar-refractivity contribution < 1.29 is 180 Å². The van der Waals surface area contributed by atoms with Gasteiger partial charge < -0.3 is 8.75 Å². The normalized spacial score (nSPS) is 15.4. The average molecular weight is 1440 g/mol. The second-order valence-electron chi connectivity index (χ2n) is 19.1. The minimum absolute atomic E-state index is 0.142. The maximum atomic E-state index is 16.0. The van der Waals surface area contributed by atoms with Gasteiger partial charge in [0.25, 0.3) is 0 Å². The summed E-state index contributed by atoms with van der Waals surface area (Å²) in [6.07, 6.45) is -16.3. The number of rotatable bonds is 20. The molecule has 0 heterocycles. The Hall–Kier alpha value is -6.77. The molecule has 6 rings (SSSR count). The largest absolute Gasteiger partial charge is 0.534 e. The summed E-state index contributed by atoms with van der Waals surface area (Å²) in [7, 11) is -12.7. The van der Waals surface area contributed by atoms with Crippen molar-refractivity contribution in [1.82, 2.24) is 0 Å². The van der Waals surface area contributed by atoms with Crippen molar-refractivity contribution in [3.63, 3.8) is 0 Å². The standard InChI is InChI=1S/C49H20F37O4PS/c50-33(51,35(54,55)37(58,59)39(62,63)41(66,67)43(70,71)45(74,75)47(78,79)80)23-13-15-27-21(19-23)11-17-29(90-92(88,89)49(84,85)86)31(27)32-28-16-14-24(20-22(28)12-18-30(32)91(87,25-7-3-1-4-8-25)26-9-5-2-6-10-26)34(52,53)36(56,57)38(60,61)40(64,65)42(68,69)44(72,73)46(76,77)48(81,82)83/h1-20H. The van der Waals surface area contributed by atoms with Gasteiger partial charge in [-0.05, 0) is 45.8 Å². The lowest BCUT2D eigenvalue weighted by molar-refractivity contribution is -0.462. The Bertz CT molecular complexity index is 3910. The van der Waals surface area contributed by atoms with E-state index in [0.717, 1.165) is 60.7 Å². The maximum absolute atomic E-state index is 16.0. The van der Waals surface area contributed by atoms with Crippen molar-refractivity contribution in [2.75, 3.05) is 0 Å². The van der Waals surface area contributed by atoms with Crippen LogP contribution < -0.4 is 20.1 Å². The van der Waals surface area contributed by atoms with E-state index in [1.165, 1.54) is 0 Å². The van der Waals surface area contributed by atoms with Crippen molar-refractivity contribution in [2.24, 2.45) is 0 Å². The highest BCUT2D eigenvalue weighted by Gasteiger charge is 2.97. The smallest absolute Gasteiger partial charge is 0.375 e. The van der Waals surface area contributed by atoms with Crippen LogP contribution in [0.2, 0.25) is 0 Å². The summed E-state index contributed by atoms with van der Waals surface area (Å²) < 4.78 is 576. The highest BCUT2D eigenvalue weighted by molar-refractivity contribution is 7.88. The second kappa shape index (κ2) is 21.6. The molecule has 0 radical (unpaired) electrons. The number of hydrogen-bond donors (Lipinski definition) is 0. The SMILES string of the molecule is O=P(c1ccccc1)(c1ccccc1)c1ccc2cc(C(F)(F)C(F)(F)C(F)(F)C(F)(F)C(F)(F)C(F)(F)C(F)(F)C(F)(F)F)ccc2c1-c1c(OS(=O)(=O)C(F)(F)F)ccc2cc(C(F)(F)C(F)(F)C(F)(F)C(F)(F)C(F)(F)C(F)(F)C(F)(F)C(F)(F)F)ccc12. The Labute approximate surface area is 484 Å². The number of fused-ring (bicyclic) bond motifs is 2. The molecule has 0 unspecified atom stereocenters. The Morgan fingerprint density at radius 1 is 0.304 bits per heavy atom. The van der Waals surface area contributed by atoms with E-state index in [4.69, 9.17) is 0 Å². The van der Waals surface area contributed by atoms with Gasteiger partial charge >= 0.3 is 111 Å². The fourth-order valence-corrected chi connectivity index (χ4v) is 11.8. The van der Waals surface area contributed by atoms with Gasteiger partial charge in [-0.3, -0.25) is 0 Å². The predicted octanol–water partition coefficient (Wildman–Crippen LogP) is 18.5. The van der Waals surface area contributed by atoms with Gasteiger partial charge in [0.05, 0.1) is 0 Å². The fraction of sp³-hybridized carbons (Fsp3) is 0.347. The number of halogens is 37. The minimum atomic E-state index is -9.18. The molecule has 4 nitrogen and oxygen atoms in total. The van der Waals surface area contributed by atoms with Gasteiger partial charge in [0, 0.05) is 38.2 Å². The third kappa shape index (κ3) is 10.2. The number of alkyl halides is 37. The van der Waals surface area contributed by atoms with E-state index < -0.39 is 214 Å². The fourth-order valence-electron chi connectivity index (χ4n) is 8.43. The first-order chi connectivity index (χ1) is 40.8. The van der Waals surface area contributed by atoms with Crippen LogP contribution in [-0.2, 0) is 26.5 Å². The zero-order valence-electron chi connectivity index (χ0n) is 42.5. The molecule has 0 aliphatic rings. The summed E-state index contributed by atoms with van der Waals surface area (Å²) in [5.41, 5.74) is -16.3. The molecule has 0 fully saturated rings. The van der Waals surface area contributed by atoms with Gasteiger partial charge in [-0.15, -0.1) is 0 Å². The Morgan fingerprint density at radius 3 is 0.891 bits per heavy atom. The summed E-state index contributed by atoms with van der Waals surface area (Å²) in [4.78, 5) is 0. The van der Waals surface area contributed by atoms with E-state index in [1.807, 2.05) is 0 Å². The molecule has 0 atom stereocenters. The minimum Gasteiger partial charge on any atom is -0.375 e. The number of benzene rings is 6. The van der Waals surface area contributed by atoms with E-state index in [-0.39, 0.29) is 30.3 Å². The van der Waals surface area contributed by atoms with Crippen molar-refractivity contribution in [3.8, 4) is 16.9 Å². The first kappa shape index (κ1) is 74.3. The van der Waals surface area contributed by atoms with Crippen LogP contribution in [0.25, 0.3) is 32.7 Å². The second-order valence-corrected chi connectivity index (χ2v) is 23.3. The molecule has 0 bridgehead atoms. The van der Waals surface area contributed by atoms with Crippen LogP contribution in [0.4, 0.5) is 162 Å². The molecule has 0 aliphatic heterocycles. The molecule has 0 aromatic heterocycles. The quantitative estimate of drug-likeness (QED) is 0.0331. The lowest BCUT2D eigenvalue weighted by Gasteiger charge is -2.42. The lowest BCUT2D eigenvalue weighted by atomic mass is 9.85. The highest BCUT2D eigenvalue weighted by atomic mass is 32.2. The summed E-state index contributed by atoms with van der Waals surface area (Å²) in [5, 5.41) is -8.75. The molecule has 0 spiro atoms. The van der Waals surface area contributed by atoms with E-state index in [1.54, 1.807) is 0 Å². The Kier molecular flexibility index (Phi) is 17.5. The third-order valence-electron chi connectivity index (χ3n) is 13.5. The van der Waals surface area contributed by atoms with Crippen molar-refractivity contribution in [1.29, 1.82) is 0 Å². The maximum Gasteiger partial charge on any atom is 0.534 e. The van der Waals surface area contributed by atoms with Gasteiger partial charge in [-0.25, -0.2) is 0 Å².